The average molecular weight is 555 g/mol. The number of unbranched alkanes of at least 4 members (excludes halogenated alkanes) is 1. The van der Waals surface area contributed by atoms with Crippen LogP contribution in [0.2, 0.25) is 0 Å². The molecule has 0 aliphatic carbocycles. The lowest BCUT2D eigenvalue weighted by Crippen LogP contribution is -2.58. The molecule has 40 heavy (non-hydrogen) atoms. The van der Waals surface area contributed by atoms with E-state index in [1.54, 1.807) is 36.4 Å². The summed E-state index contributed by atoms with van der Waals surface area (Å²) in [5, 5.41) is 7.87. The molecule has 2 rings (SSSR count). The second-order valence-corrected chi connectivity index (χ2v) is 9.37. The molecular weight excluding hydrogens is 516 g/mol. The van der Waals surface area contributed by atoms with Gasteiger partial charge in [0.2, 0.25) is 23.6 Å². The van der Waals surface area contributed by atoms with Gasteiger partial charge in [-0.3, -0.25) is 24.0 Å². The summed E-state index contributed by atoms with van der Waals surface area (Å²) in [6, 6.07) is 12.0. The van der Waals surface area contributed by atoms with Crippen LogP contribution in [0.15, 0.2) is 54.6 Å². The highest BCUT2D eigenvalue weighted by molar-refractivity contribution is 5.99. The maximum atomic E-state index is 13.5. The van der Waals surface area contributed by atoms with Gasteiger partial charge in [0.1, 0.15) is 23.9 Å². The van der Waals surface area contributed by atoms with Crippen molar-refractivity contribution in [2.45, 2.75) is 50.7 Å². The van der Waals surface area contributed by atoms with Gasteiger partial charge < -0.3 is 37.9 Å². The minimum atomic E-state index is -1.37. The molecule has 0 spiro atoms. The molecule has 0 saturated heterocycles. The van der Waals surface area contributed by atoms with Gasteiger partial charge in [-0.2, -0.15) is 0 Å². The molecule has 0 heterocycles. The topological polar surface area (TPSA) is 209 Å². The molecule has 0 aliphatic heterocycles. The number of methoxy groups -OCH3 is 1. The van der Waals surface area contributed by atoms with Gasteiger partial charge in [0, 0.05) is 12.0 Å². The van der Waals surface area contributed by atoms with Crippen LogP contribution in [0.25, 0.3) is 0 Å². The largest absolute Gasteiger partial charge is 0.497 e. The molecule has 0 aromatic heterocycles. The quantitative estimate of drug-likeness (QED) is 0.153. The second-order valence-electron chi connectivity index (χ2n) is 9.37. The number of hydrogen-bond donors (Lipinski definition) is 6. The SMILES string of the molecule is COc1cccc(C(=O)N[C@@H](Cc2ccccc2)C(=O)N[C@@H](CCCCN)C(=O)N[C@H](C(N)=O)[C@@H](C)C(N)=O)c1. The Labute approximate surface area is 233 Å². The third-order valence-electron chi connectivity index (χ3n) is 6.37. The van der Waals surface area contributed by atoms with Gasteiger partial charge in [-0.05, 0) is 49.6 Å². The van der Waals surface area contributed by atoms with Gasteiger partial charge in [-0.1, -0.05) is 43.3 Å². The van der Waals surface area contributed by atoms with Gasteiger partial charge in [0.15, 0.2) is 0 Å². The number of hydrogen-bond acceptors (Lipinski definition) is 7. The smallest absolute Gasteiger partial charge is 0.252 e. The zero-order chi connectivity index (χ0) is 29.7. The first-order chi connectivity index (χ1) is 19.1. The lowest BCUT2D eigenvalue weighted by molar-refractivity contribution is -0.134. The van der Waals surface area contributed by atoms with Crippen LogP contribution in [-0.2, 0) is 25.6 Å². The molecule has 2 aromatic rings. The molecule has 12 nitrogen and oxygen atoms in total. The summed E-state index contributed by atoms with van der Waals surface area (Å²) < 4.78 is 5.18. The third kappa shape index (κ3) is 9.70. The highest BCUT2D eigenvalue weighted by Gasteiger charge is 2.33. The molecule has 12 heteroatoms. The van der Waals surface area contributed by atoms with Crippen molar-refractivity contribution in [1.82, 2.24) is 16.0 Å². The second kappa shape index (κ2) is 15.8. The van der Waals surface area contributed by atoms with Gasteiger partial charge in [-0.15, -0.1) is 0 Å². The first kappa shape index (κ1) is 31.8. The maximum Gasteiger partial charge on any atom is 0.252 e. The van der Waals surface area contributed by atoms with E-state index in [9.17, 15) is 24.0 Å². The Morgan fingerprint density at radius 2 is 1.50 bits per heavy atom. The summed E-state index contributed by atoms with van der Waals surface area (Å²) in [6.07, 6.45) is 1.40. The summed E-state index contributed by atoms with van der Waals surface area (Å²) in [4.78, 5) is 63.4. The molecule has 0 radical (unpaired) electrons. The van der Waals surface area contributed by atoms with Crippen molar-refractivity contribution >= 4 is 29.5 Å². The van der Waals surface area contributed by atoms with Crippen molar-refractivity contribution in [3.8, 4) is 5.75 Å². The zero-order valence-corrected chi connectivity index (χ0v) is 22.7. The highest BCUT2D eigenvalue weighted by atomic mass is 16.5. The first-order valence-corrected chi connectivity index (χ1v) is 13.0. The lowest BCUT2D eigenvalue weighted by atomic mass is 9.99. The number of ether oxygens (including phenoxy) is 1. The van der Waals surface area contributed by atoms with Crippen molar-refractivity contribution in [1.29, 1.82) is 0 Å². The van der Waals surface area contributed by atoms with Gasteiger partial charge in [0.25, 0.3) is 5.91 Å². The van der Waals surface area contributed by atoms with Crippen molar-refractivity contribution in [3.05, 3.63) is 65.7 Å². The summed E-state index contributed by atoms with van der Waals surface area (Å²) in [5.74, 6) is -4.22. The van der Waals surface area contributed by atoms with Crippen LogP contribution < -0.4 is 37.9 Å². The zero-order valence-electron chi connectivity index (χ0n) is 22.7. The molecule has 4 atom stereocenters. The molecule has 216 valence electrons. The Hall–Kier alpha value is -4.45. The van der Waals surface area contributed by atoms with Crippen LogP contribution in [-0.4, -0.2) is 61.3 Å². The number of carbonyl (C=O) groups excluding carboxylic acids is 5. The van der Waals surface area contributed by atoms with E-state index in [0.29, 0.717) is 25.1 Å². The van der Waals surface area contributed by atoms with Crippen LogP contribution in [0.4, 0.5) is 0 Å². The number of nitrogens with one attached hydrogen (secondary N) is 3. The Morgan fingerprint density at radius 3 is 2.10 bits per heavy atom. The van der Waals surface area contributed by atoms with Gasteiger partial charge in [-0.25, -0.2) is 0 Å². The van der Waals surface area contributed by atoms with Crippen LogP contribution in [0.3, 0.4) is 0 Å². The Balaban J connectivity index is 2.29. The minimum absolute atomic E-state index is 0.141. The number of carbonyl (C=O) groups is 5. The lowest BCUT2D eigenvalue weighted by Gasteiger charge is -2.26. The molecule has 2 aromatic carbocycles. The van der Waals surface area contributed by atoms with Crippen molar-refractivity contribution < 1.29 is 28.7 Å². The number of rotatable bonds is 16. The number of nitrogens with two attached hydrogens (primary N) is 3. The molecule has 0 unspecified atom stereocenters. The molecule has 0 bridgehead atoms. The van der Waals surface area contributed by atoms with Crippen LogP contribution >= 0.6 is 0 Å². The number of amides is 5. The molecule has 0 fully saturated rings. The average Bonchev–Trinajstić information content (AvgIpc) is 2.94. The summed E-state index contributed by atoms with van der Waals surface area (Å²) >= 11 is 0. The van der Waals surface area contributed by atoms with Crippen molar-refractivity contribution in [2.24, 2.45) is 23.1 Å². The Morgan fingerprint density at radius 1 is 0.825 bits per heavy atom. The molecule has 9 N–H and O–H groups in total. The standard InChI is InChI=1S/C28H38N6O6/c1-17(24(30)35)23(25(31)36)34-27(38)21(13-6-7-14-29)32-28(39)22(15-18-9-4-3-5-10-18)33-26(37)19-11-8-12-20(16-19)40-2/h3-5,8-12,16-17,21-23H,6-7,13-15,29H2,1-2H3,(H2,30,35)(H2,31,36)(H,32,39)(H,33,37)(H,34,38)/t17-,21+,22+,23+/m1/s1. The normalized spacial score (nSPS) is 13.7. The van der Waals surface area contributed by atoms with Gasteiger partial charge in [0.05, 0.1) is 13.0 Å². The van der Waals surface area contributed by atoms with E-state index in [-0.39, 0.29) is 18.4 Å². The van der Waals surface area contributed by atoms with E-state index >= 15 is 0 Å². The van der Waals surface area contributed by atoms with E-state index < -0.39 is 53.6 Å². The maximum absolute atomic E-state index is 13.5. The predicted molar refractivity (Wildman–Crippen MR) is 149 cm³/mol. The fraction of sp³-hybridized carbons (Fsp3) is 0.393. The number of benzene rings is 2. The molecular formula is C28H38N6O6. The minimum Gasteiger partial charge on any atom is -0.497 e. The number of primary amides is 2. The molecule has 0 aliphatic rings. The van der Waals surface area contributed by atoms with Crippen LogP contribution in [0.1, 0.15) is 42.1 Å². The van der Waals surface area contributed by atoms with Crippen LogP contribution in [0.5, 0.6) is 5.75 Å². The first-order valence-electron chi connectivity index (χ1n) is 13.0. The fourth-order valence-corrected chi connectivity index (χ4v) is 3.96. The predicted octanol–water partition coefficient (Wildman–Crippen LogP) is -0.258. The third-order valence-corrected chi connectivity index (χ3v) is 6.37. The van der Waals surface area contributed by atoms with Crippen molar-refractivity contribution in [2.75, 3.05) is 13.7 Å². The summed E-state index contributed by atoms with van der Waals surface area (Å²) in [5.41, 5.74) is 17.3. The van der Waals surface area contributed by atoms with Crippen LogP contribution in [0, 0.1) is 5.92 Å². The van der Waals surface area contributed by atoms with E-state index in [0.717, 1.165) is 5.56 Å². The van der Waals surface area contributed by atoms with E-state index in [1.807, 2.05) is 18.2 Å². The molecule has 5 amide bonds. The summed E-state index contributed by atoms with van der Waals surface area (Å²) in [7, 11) is 1.48. The van der Waals surface area contributed by atoms with E-state index in [2.05, 4.69) is 16.0 Å². The fourth-order valence-electron chi connectivity index (χ4n) is 3.96. The Bertz CT molecular complexity index is 1170. The van der Waals surface area contributed by atoms with E-state index in [4.69, 9.17) is 21.9 Å². The molecule has 0 saturated carbocycles. The highest BCUT2D eigenvalue weighted by Crippen LogP contribution is 2.14. The monoisotopic (exact) mass is 554 g/mol. The Kier molecular flexibility index (Phi) is 12.6. The summed E-state index contributed by atoms with van der Waals surface area (Å²) in [6.45, 7) is 1.74. The van der Waals surface area contributed by atoms with Gasteiger partial charge >= 0.3 is 0 Å². The van der Waals surface area contributed by atoms with Crippen molar-refractivity contribution in [3.63, 3.8) is 0 Å². The van der Waals surface area contributed by atoms with E-state index in [1.165, 1.54) is 14.0 Å².